The molecule has 1 aromatic heterocycles. The van der Waals surface area contributed by atoms with Crippen molar-refractivity contribution in [3.8, 4) is 0 Å². The van der Waals surface area contributed by atoms with Crippen LogP contribution in [0.5, 0.6) is 0 Å². The van der Waals surface area contributed by atoms with Crippen LogP contribution in [0.2, 0.25) is 0 Å². The number of hydrogen-bond donors (Lipinski definition) is 0. The van der Waals surface area contributed by atoms with Crippen LogP contribution in [0.25, 0.3) is 0 Å². The quantitative estimate of drug-likeness (QED) is 0.831. The number of cyclic esters (lactones) is 1. The first-order valence-corrected chi connectivity index (χ1v) is 7.95. The molecule has 1 unspecified atom stereocenters. The van der Waals surface area contributed by atoms with E-state index >= 15 is 0 Å². The first-order chi connectivity index (χ1) is 11.0. The first kappa shape index (κ1) is 15.6. The van der Waals surface area contributed by atoms with Gasteiger partial charge in [0.25, 0.3) is 11.5 Å². The van der Waals surface area contributed by atoms with E-state index in [0.29, 0.717) is 38.3 Å². The summed E-state index contributed by atoms with van der Waals surface area (Å²) in [5, 5.41) is 0. The van der Waals surface area contributed by atoms with Crippen LogP contribution in [0.4, 0.5) is 4.79 Å². The van der Waals surface area contributed by atoms with Crippen molar-refractivity contribution in [1.29, 1.82) is 0 Å². The molecule has 2 aliphatic rings. The van der Waals surface area contributed by atoms with E-state index in [1.54, 1.807) is 26.6 Å². The number of ether oxygens (including phenoxy) is 1. The molecule has 0 radical (unpaired) electrons. The van der Waals surface area contributed by atoms with Gasteiger partial charge in [-0.1, -0.05) is 6.92 Å². The summed E-state index contributed by atoms with van der Waals surface area (Å²) in [5.41, 5.74) is -0.227. The molecule has 0 aliphatic carbocycles. The maximum atomic E-state index is 12.7. The Kier molecular flexibility index (Phi) is 3.87. The second kappa shape index (κ2) is 5.72. The van der Waals surface area contributed by atoms with Crippen molar-refractivity contribution in [1.82, 2.24) is 14.4 Å². The van der Waals surface area contributed by atoms with Crippen molar-refractivity contribution >= 4 is 12.0 Å². The molecule has 7 nitrogen and oxygen atoms in total. The summed E-state index contributed by atoms with van der Waals surface area (Å²) in [7, 11) is 0. The molecule has 1 atom stereocenters. The SMILES string of the molecule is CCn1ccc(C(=O)N2CCN3C(=O)OCC3(CC)C2)cc1=O. The highest BCUT2D eigenvalue weighted by Crippen LogP contribution is 2.32. The van der Waals surface area contributed by atoms with Crippen LogP contribution in [0.15, 0.2) is 23.1 Å². The van der Waals surface area contributed by atoms with Gasteiger partial charge in [0, 0.05) is 44.0 Å². The van der Waals surface area contributed by atoms with E-state index in [1.165, 1.54) is 6.07 Å². The number of nitrogens with zero attached hydrogens (tertiary/aromatic N) is 3. The highest BCUT2D eigenvalue weighted by atomic mass is 16.6. The molecule has 2 saturated heterocycles. The fraction of sp³-hybridized carbons (Fsp3) is 0.562. The molecule has 2 aliphatic heterocycles. The van der Waals surface area contributed by atoms with E-state index in [0.717, 1.165) is 6.42 Å². The lowest BCUT2D eigenvalue weighted by Crippen LogP contribution is -2.62. The van der Waals surface area contributed by atoms with E-state index in [2.05, 4.69) is 0 Å². The number of fused-ring (bicyclic) bond motifs is 1. The molecule has 3 rings (SSSR count). The minimum atomic E-state index is -0.441. The normalized spacial score (nSPS) is 23.7. The Labute approximate surface area is 134 Å². The van der Waals surface area contributed by atoms with Gasteiger partial charge in [0.2, 0.25) is 0 Å². The molecule has 0 bridgehead atoms. The third kappa shape index (κ3) is 2.50. The van der Waals surface area contributed by atoms with Gasteiger partial charge < -0.3 is 14.2 Å². The molecule has 0 spiro atoms. The van der Waals surface area contributed by atoms with Crippen LogP contribution in [0, 0.1) is 0 Å². The maximum Gasteiger partial charge on any atom is 0.410 e. The molecule has 124 valence electrons. The average molecular weight is 319 g/mol. The molecule has 7 heteroatoms. The van der Waals surface area contributed by atoms with Crippen molar-refractivity contribution in [2.45, 2.75) is 32.4 Å². The Hall–Kier alpha value is -2.31. The fourth-order valence-corrected chi connectivity index (χ4v) is 3.32. The third-order valence-electron chi connectivity index (χ3n) is 4.87. The summed E-state index contributed by atoms with van der Waals surface area (Å²) in [6, 6.07) is 3.06. The lowest BCUT2D eigenvalue weighted by molar-refractivity contribution is 0.0361. The smallest absolute Gasteiger partial charge is 0.410 e. The number of aromatic nitrogens is 1. The number of pyridine rings is 1. The standard InChI is InChI=1S/C16H21N3O4/c1-3-16-10-18(7-8-19(16)15(22)23-11-16)14(21)12-5-6-17(4-2)13(20)9-12/h5-6,9H,3-4,7-8,10-11H2,1-2H3. The first-order valence-electron chi connectivity index (χ1n) is 7.95. The number of aryl methyl sites for hydroxylation is 1. The number of hydrogen-bond acceptors (Lipinski definition) is 4. The zero-order chi connectivity index (χ0) is 16.6. The highest BCUT2D eigenvalue weighted by Gasteiger charge is 2.50. The number of carbonyl (C=O) groups excluding carboxylic acids is 2. The Morgan fingerprint density at radius 2 is 2.09 bits per heavy atom. The van der Waals surface area contributed by atoms with Crippen LogP contribution in [0.3, 0.4) is 0 Å². The summed E-state index contributed by atoms with van der Waals surface area (Å²) in [6.07, 6.45) is 2.06. The van der Waals surface area contributed by atoms with Crippen molar-refractivity contribution in [3.63, 3.8) is 0 Å². The lowest BCUT2D eigenvalue weighted by Gasteiger charge is -2.44. The fourth-order valence-electron chi connectivity index (χ4n) is 3.32. The van der Waals surface area contributed by atoms with E-state index in [1.807, 2.05) is 13.8 Å². The van der Waals surface area contributed by atoms with E-state index in [9.17, 15) is 14.4 Å². The monoisotopic (exact) mass is 319 g/mol. The Bertz CT molecular complexity index is 699. The van der Waals surface area contributed by atoms with Crippen LogP contribution in [-0.2, 0) is 11.3 Å². The van der Waals surface area contributed by atoms with Gasteiger partial charge in [0.05, 0.1) is 5.54 Å². The maximum absolute atomic E-state index is 12.7. The minimum Gasteiger partial charge on any atom is -0.447 e. The summed E-state index contributed by atoms with van der Waals surface area (Å²) in [5.74, 6) is -0.169. The molecule has 0 N–H and O–H groups in total. The third-order valence-corrected chi connectivity index (χ3v) is 4.87. The van der Waals surface area contributed by atoms with Gasteiger partial charge in [-0.15, -0.1) is 0 Å². The number of carbonyl (C=O) groups is 2. The Balaban J connectivity index is 1.82. The van der Waals surface area contributed by atoms with Gasteiger partial charge in [-0.05, 0) is 19.4 Å². The van der Waals surface area contributed by atoms with Gasteiger partial charge in [-0.25, -0.2) is 4.79 Å². The zero-order valence-corrected chi connectivity index (χ0v) is 13.4. The van der Waals surface area contributed by atoms with Crippen LogP contribution in [0.1, 0.15) is 30.6 Å². The predicted octanol–water partition coefficient (Wildman–Crippen LogP) is 0.925. The van der Waals surface area contributed by atoms with E-state index in [4.69, 9.17) is 4.74 Å². The molecule has 2 fully saturated rings. The van der Waals surface area contributed by atoms with Crippen molar-refractivity contribution in [3.05, 3.63) is 34.2 Å². The predicted molar refractivity (Wildman–Crippen MR) is 83.4 cm³/mol. The molecule has 0 saturated carbocycles. The van der Waals surface area contributed by atoms with Crippen LogP contribution >= 0.6 is 0 Å². The molecular formula is C16H21N3O4. The average Bonchev–Trinajstić information content (AvgIpc) is 2.91. The second-order valence-electron chi connectivity index (χ2n) is 6.05. The topological polar surface area (TPSA) is 71.8 Å². The minimum absolute atomic E-state index is 0.169. The number of piperazine rings is 1. The van der Waals surface area contributed by atoms with Crippen LogP contribution in [-0.4, -0.2) is 58.1 Å². The molecule has 3 heterocycles. The number of rotatable bonds is 3. The van der Waals surface area contributed by atoms with Crippen molar-refractivity contribution in [2.24, 2.45) is 0 Å². The van der Waals surface area contributed by atoms with Gasteiger partial charge in [-0.2, -0.15) is 0 Å². The highest BCUT2D eigenvalue weighted by molar-refractivity contribution is 5.94. The van der Waals surface area contributed by atoms with Crippen molar-refractivity contribution in [2.75, 3.05) is 26.2 Å². The van der Waals surface area contributed by atoms with Gasteiger partial charge in [0.1, 0.15) is 6.61 Å². The molecule has 1 aromatic rings. The summed E-state index contributed by atoms with van der Waals surface area (Å²) in [4.78, 5) is 39.9. The molecule has 2 amide bonds. The number of amides is 2. The molecule has 0 aromatic carbocycles. The Morgan fingerprint density at radius 3 is 2.74 bits per heavy atom. The molecule has 23 heavy (non-hydrogen) atoms. The van der Waals surface area contributed by atoms with E-state index < -0.39 is 5.54 Å². The Morgan fingerprint density at radius 1 is 1.30 bits per heavy atom. The van der Waals surface area contributed by atoms with E-state index in [-0.39, 0.29) is 17.6 Å². The lowest BCUT2D eigenvalue weighted by atomic mass is 9.92. The second-order valence-corrected chi connectivity index (χ2v) is 6.05. The summed E-state index contributed by atoms with van der Waals surface area (Å²) < 4.78 is 6.72. The summed E-state index contributed by atoms with van der Waals surface area (Å²) >= 11 is 0. The van der Waals surface area contributed by atoms with Crippen molar-refractivity contribution < 1.29 is 14.3 Å². The van der Waals surface area contributed by atoms with Gasteiger partial charge in [0.15, 0.2) is 0 Å². The van der Waals surface area contributed by atoms with Crippen LogP contribution < -0.4 is 5.56 Å². The van der Waals surface area contributed by atoms with Gasteiger partial charge >= 0.3 is 6.09 Å². The van der Waals surface area contributed by atoms with Gasteiger partial charge in [-0.3, -0.25) is 14.5 Å². The largest absolute Gasteiger partial charge is 0.447 e. The summed E-state index contributed by atoms with van der Waals surface area (Å²) in [6.45, 7) is 6.10. The zero-order valence-electron chi connectivity index (χ0n) is 13.4. The molecular weight excluding hydrogens is 298 g/mol.